The first kappa shape index (κ1) is 16.5. The van der Waals surface area contributed by atoms with Gasteiger partial charge in [0.25, 0.3) is 11.4 Å². The van der Waals surface area contributed by atoms with E-state index in [1.165, 1.54) is 0 Å². The number of esters is 1. The number of non-ortho nitro benzene ring substituents is 2. The number of carbonyl (C=O) groups is 1. The average molecular weight is 296 g/mol. The highest BCUT2D eigenvalue weighted by molar-refractivity contribution is 5.91. The van der Waals surface area contributed by atoms with E-state index in [1.54, 1.807) is 0 Å². The number of nitro groups is 2. The Kier molecular flexibility index (Phi) is 5.34. The zero-order valence-electron chi connectivity index (χ0n) is 11.9. The Labute approximate surface area is 121 Å². The lowest BCUT2D eigenvalue weighted by Gasteiger charge is -2.19. The standard InChI is InChI=1S/C13H16N2O6/c1-4-12(8(2)3)21-13(16)9-5-10(14(17)18)7-11(6-9)15(19)20/h5-8,12H,4H2,1-3H3/t12-/m0/s1. The van der Waals surface area contributed by atoms with Crippen molar-refractivity contribution in [2.75, 3.05) is 0 Å². The lowest BCUT2D eigenvalue weighted by atomic mass is 10.1. The molecule has 0 aliphatic heterocycles. The van der Waals surface area contributed by atoms with Gasteiger partial charge in [0, 0.05) is 12.1 Å². The molecule has 1 aromatic rings. The third-order valence-corrected chi connectivity index (χ3v) is 2.96. The topological polar surface area (TPSA) is 113 Å². The van der Waals surface area contributed by atoms with E-state index in [1.807, 2.05) is 20.8 Å². The van der Waals surface area contributed by atoms with Gasteiger partial charge in [-0.05, 0) is 12.3 Å². The molecule has 8 nitrogen and oxygen atoms in total. The van der Waals surface area contributed by atoms with Crippen molar-refractivity contribution in [3.8, 4) is 0 Å². The first-order chi connectivity index (χ1) is 9.76. The van der Waals surface area contributed by atoms with Gasteiger partial charge in [-0.25, -0.2) is 4.79 Å². The number of nitro benzene ring substituents is 2. The smallest absolute Gasteiger partial charge is 0.338 e. The largest absolute Gasteiger partial charge is 0.459 e. The highest BCUT2D eigenvalue weighted by Gasteiger charge is 2.23. The SMILES string of the molecule is CC[C@H](OC(=O)c1cc([N+](=O)[O-])cc([N+](=O)[O-])c1)C(C)C. The van der Waals surface area contributed by atoms with Gasteiger partial charge in [-0.1, -0.05) is 20.8 Å². The van der Waals surface area contributed by atoms with Gasteiger partial charge in [-0.2, -0.15) is 0 Å². The summed E-state index contributed by atoms with van der Waals surface area (Å²) in [5.74, 6) is -0.727. The second-order valence-corrected chi connectivity index (χ2v) is 4.85. The van der Waals surface area contributed by atoms with Crippen LogP contribution in [0.4, 0.5) is 11.4 Å². The Morgan fingerprint density at radius 3 is 1.95 bits per heavy atom. The van der Waals surface area contributed by atoms with E-state index in [9.17, 15) is 25.0 Å². The van der Waals surface area contributed by atoms with Crippen molar-refractivity contribution >= 4 is 17.3 Å². The monoisotopic (exact) mass is 296 g/mol. The molecule has 21 heavy (non-hydrogen) atoms. The van der Waals surface area contributed by atoms with Crippen LogP contribution in [0.1, 0.15) is 37.6 Å². The van der Waals surface area contributed by atoms with Gasteiger partial charge in [0.05, 0.1) is 21.5 Å². The molecule has 0 aliphatic rings. The summed E-state index contributed by atoms with van der Waals surface area (Å²) in [6.07, 6.45) is 0.233. The van der Waals surface area contributed by atoms with E-state index in [4.69, 9.17) is 4.74 Å². The second-order valence-electron chi connectivity index (χ2n) is 4.85. The van der Waals surface area contributed by atoms with E-state index >= 15 is 0 Å². The Hall–Kier alpha value is -2.51. The van der Waals surface area contributed by atoms with Crippen LogP contribution in [0, 0.1) is 26.1 Å². The Bertz CT molecular complexity index is 538. The van der Waals surface area contributed by atoms with Crippen molar-refractivity contribution in [1.29, 1.82) is 0 Å². The van der Waals surface area contributed by atoms with Crippen molar-refractivity contribution in [3.05, 3.63) is 44.0 Å². The number of hydrogen-bond donors (Lipinski definition) is 0. The van der Waals surface area contributed by atoms with E-state index < -0.39 is 27.2 Å². The lowest BCUT2D eigenvalue weighted by Crippen LogP contribution is -2.23. The summed E-state index contributed by atoms with van der Waals surface area (Å²) in [5.41, 5.74) is -1.24. The summed E-state index contributed by atoms with van der Waals surface area (Å²) in [5, 5.41) is 21.5. The lowest BCUT2D eigenvalue weighted by molar-refractivity contribution is -0.394. The van der Waals surface area contributed by atoms with Crippen molar-refractivity contribution in [3.63, 3.8) is 0 Å². The van der Waals surface area contributed by atoms with Crippen LogP contribution in [0.5, 0.6) is 0 Å². The molecular weight excluding hydrogens is 280 g/mol. The highest BCUT2D eigenvalue weighted by atomic mass is 16.6. The Morgan fingerprint density at radius 1 is 1.14 bits per heavy atom. The van der Waals surface area contributed by atoms with Gasteiger partial charge >= 0.3 is 5.97 Å². The molecule has 0 radical (unpaired) electrons. The van der Waals surface area contributed by atoms with Crippen LogP contribution in [0.25, 0.3) is 0 Å². The third-order valence-electron chi connectivity index (χ3n) is 2.96. The first-order valence-electron chi connectivity index (χ1n) is 6.41. The van der Waals surface area contributed by atoms with Crippen LogP contribution in [0.15, 0.2) is 18.2 Å². The van der Waals surface area contributed by atoms with Gasteiger partial charge < -0.3 is 4.74 Å². The van der Waals surface area contributed by atoms with Crippen LogP contribution in [-0.4, -0.2) is 21.9 Å². The second kappa shape index (κ2) is 6.78. The maximum atomic E-state index is 12.0. The molecule has 0 aromatic heterocycles. The van der Waals surface area contributed by atoms with Gasteiger partial charge in [0.2, 0.25) is 0 Å². The van der Waals surface area contributed by atoms with E-state index in [2.05, 4.69) is 0 Å². The summed E-state index contributed by atoms with van der Waals surface area (Å²) in [7, 11) is 0. The molecule has 0 saturated carbocycles. The summed E-state index contributed by atoms with van der Waals surface area (Å²) in [6, 6.07) is 2.75. The molecular formula is C13H16N2O6. The quantitative estimate of drug-likeness (QED) is 0.453. The molecule has 0 unspecified atom stereocenters. The van der Waals surface area contributed by atoms with E-state index in [-0.39, 0.29) is 17.6 Å². The predicted octanol–water partition coefficient (Wildman–Crippen LogP) is 3.09. The molecule has 1 rings (SSSR count). The molecule has 8 heteroatoms. The molecule has 0 saturated heterocycles. The number of benzene rings is 1. The minimum absolute atomic E-state index is 0.0765. The van der Waals surface area contributed by atoms with Crippen LogP contribution in [-0.2, 0) is 4.74 Å². The molecule has 0 N–H and O–H groups in total. The van der Waals surface area contributed by atoms with Crippen molar-refractivity contribution in [2.45, 2.75) is 33.3 Å². The minimum Gasteiger partial charge on any atom is -0.459 e. The molecule has 0 aliphatic carbocycles. The fourth-order valence-corrected chi connectivity index (χ4v) is 1.82. The van der Waals surface area contributed by atoms with E-state index in [0.717, 1.165) is 18.2 Å². The Morgan fingerprint density at radius 2 is 1.62 bits per heavy atom. The van der Waals surface area contributed by atoms with Crippen LogP contribution >= 0.6 is 0 Å². The number of ether oxygens (including phenoxy) is 1. The van der Waals surface area contributed by atoms with Gasteiger partial charge in [0.1, 0.15) is 6.10 Å². The number of carbonyl (C=O) groups excluding carboxylic acids is 1. The third kappa shape index (κ3) is 4.23. The number of rotatable bonds is 6. The zero-order chi connectivity index (χ0) is 16.2. The van der Waals surface area contributed by atoms with Crippen molar-refractivity contribution < 1.29 is 19.4 Å². The molecule has 1 atom stereocenters. The van der Waals surface area contributed by atoms with Gasteiger partial charge in [0.15, 0.2) is 0 Å². The molecule has 0 spiro atoms. The zero-order valence-corrected chi connectivity index (χ0v) is 11.9. The summed E-state index contributed by atoms with van der Waals surface area (Å²) < 4.78 is 5.23. The van der Waals surface area contributed by atoms with Gasteiger partial charge in [-0.15, -0.1) is 0 Å². The first-order valence-corrected chi connectivity index (χ1v) is 6.41. The Balaban J connectivity index is 3.14. The van der Waals surface area contributed by atoms with E-state index in [0.29, 0.717) is 6.42 Å². The molecule has 0 heterocycles. The van der Waals surface area contributed by atoms with Crippen LogP contribution < -0.4 is 0 Å². The highest BCUT2D eigenvalue weighted by Crippen LogP contribution is 2.24. The van der Waals surface area contributed by atoms with Gasteiger partial charge in [-0.3, -0.25) is 20.2 Å². The molecule has 0 amide bonds. The number of nitrogens with zero attached hydrogens (tertiary/aromatic N) is 2. The summed E-state index contributed by atoms with van der Waals surface area (Å²) in [6.45, 7) is 5.59. The van der Waals surface area contributed by atoms with Crippen LogP contribution in [0.2, 0.25) is 0 Å². The maximum Gasteiger partial charge on any atom is 0.338 e. The molecule has 0 bridgehead atoms. The summed E-state index contributed by atoms with van der Waals surface area (Å²) >= 11 is 0. The average Bonchev–Trinajstić information content (AvgIpc) is 2.43. The predicted molar refractivity (Wildman–Crippen MR) is 74.1 cm³/mol. The molecule has 1 aromatic carbocycles. The van der Waals surface area contributed by atoms with Crippen LogP contribution in [0.3, 0.4) is 0 Å². The number of hydrogen-bond acceptors (Lipinski definition) is 6. The van der Waals surface area contributed by atoms with Crippen molar-refractivity contribution in [1.82, 2.24) is 0 Å². The minimum atomic E-state index is -0.803. The molecule has 0 fully saturated rings. The molecule has 114 valence electrons. The normalized spacial score (nSPS) is 12.0. The maximum absolute atomic E-state index is 12.0. The van der Waals surface area contributed by atoms with Crippen molar-refractivity contribution in [2.24, 2.45) is 5.92 Å². The summed E-state index contributed by atoms with van der Waals surface area (Å²) in [4.78, 5) is 32.0. The fourth-order valence-electron chi connectivity index (χ4n) is 1.82. The fraction of sp³-hybridized carbons (Fsp3) is 0.462.